The lowest BCUT2D eigenvalue weighted by Gasteiger charge is -2.08. The first kappa shape index (κ1) is 16.2. The Labute approximate surface area is 145 Å². The molecule has 0 unspecified atom stereocenters. The van der Waals surface area contributed by atoms with Gasteiger partial charge < -0.3 is 10.6 Å². The minimum atomic E-state index is 0.101. The van der Waals surface area contributed by atoms with Crippen LogP contribution < -0.4 is 10.6 Å². The Morgan fingerprint density at radius 2 is 1.91 bits per heavy atom. The van der Waals surface area contributed by atoms with Crippen molar-refractivity contribution >= 4 is 21.8 Å². The molecule has 0 saturated heterocycles. The number of hydrogen-bond donors (Lipinski definition) is 2. The molecule has 1 amide bonds. The van der Waals surface area contributed by atoms with Crippen LogP contribution in [0.2, 0.25) is 0 Å². The molecule has 0 aliphatic carbocycles. The summed E-state index contributed by atoms with van der Waals surface area (Å²) in [5, 5.41) is 6.35. The molecular formula is C19H21BrN2O. The van der Waals surface area contributed by atoms with Gasteiger partial charge in [0.05, 0.1) is 0 Å². The number of halogens is 1. The number of nitrogens with one attached hydrogen (secondary N) is 2. The number of amides is 1. The van der Waals surface area contributed by atoms with E-state index in [1.807, 2.05) is 6.07 Å². The van der Waals surface area contributed by atoms with Crippen LogP contribution in [0.25, 0.3) is 0 Å². The van der Waals surface area contributed by atoms with Crippen LogP contribution >= 0.6 is 15.9 Å². The number of aryl methyl sites for hydroxylation is 2. The van der Waals surface area contributed by atoms with Crippen LogP contribution in [0.1, 0.15) is 34.2 Å². The Morgan fingerprint density at radius 3 is 2.74 bits per heavy atom. The Morgan fingerprint density at radius 1 is 1.13 bits per heavy atom. The van der Waals surface area contributed by atoms with Crippen molar-refractivity contribution in [1.82, 2.24) is 10.6 Å². The van der Waals surface area contributed by atoms with Crippen LogP contribution in [0.15, 0.2) is 40.9 Å². The highest BCUT2D eigenvalue weighted by Crippen LogP contribution is 2.18. The van der Waals surface area contributed by atoms with Crippen molar-refractivity contribution in [3.8, 4) is 0 Å². The summed E-state index contributed by atoms with van der Waals surface area (Å²) in [6, 6.07) is 12.7. The van der Waals surface area contributed by atoms with Gasteiger partial charge in [0.25, 0.3) is 0 Å². The summed E-state index contributed by atoms with van der Waals surface area (Å²) in [4.78, 5) is 12.0. The number of benzene rings is 2. The zero-order chi connectivity index (χ0) is 16.2. The van der Waals surface area contributed by atoms with E-state index in [1.54, 1.807) is 0 Å². The summed E-state index contributed by atoms with van der Waals surface area (Å²) in [5.41, 5.74) is 6.28. The van der Waals surface area contributed by atoms with E-state index in [1.165, 1.54) is 27.8 Å². The highest BCUT2D eigenvalue weighted by molar-refractivity contribution is 9.10. The average molecular weight is 373 g/mol. The molecule has 0 spiro atoms. The number of carbonyl (C=O) groups is 1. The lowest BCUT2D eigenvalue weighted by atomic mass is 10.1. The van der Waals surface area contributed by atoms with Gasteiger partial charge in [-0.15, -0.1) is 0 Å². The van der Waals surface area contributed by atoms with Crippen molar-refractivity contribution in [2.45, 2.75) is 39.4 Å². The van der Waals surface area contributed by atoms with E-state index < -0.39 is 0 Å². The predicted molar refractivity (Wildman–Crippen MR) is 96.0 cm³/mol. The molecule has 1 aliphatic rings. The Bertz CT molecular complexity index is 727. The van der Waals surface area contributed by atoms with Crippen molar-refractivity contribution in [2.75, 3.05) is 0 Å². The third-order valence-electron chi connectivity index (χ3n) is 4.25. The molecular weight excluding hydrogens is 352 g/mol. The maximum absolute atomic E-state index is 12.0. The molecule has 0 saturated carbocycles. The van der Waals surface area contributed by atoms with Crippen molar-refractivity contribution in [1.29, 1.82) is 0 Å². The first-order valence-corrected chi connectivity index (χ1v) is 8.74. The molecule has 1 heterocycles. The van der Waals surface area contributed by atoms with Gasteiger partial charge in [-0.25, -0.2) is 0 Å². The minimum absolute atomic E-state index is 0.101. The molecule has 1 aliphatic heterocycles. The summed E-state index contributed by atoms with van der Waals surface area (Å²) in [5.74, 6) is 0.101. The first-order chi connectivity index (χ1) is 11.1. The van der Waals surface area contributed by atoms with E-state index in [9.17, 15) is 4.79 Å². The van der Waals surface area contributed by atoms with Gasteiger partial charge in [-0.05, 0) is 47.2 Å². The highest BCUT2D eigenvalue weighted by Gasteiger charge is 2.10. The molecule has 3 nitrogen and oxygen atoms in total. The smallest absolute Gasteiger partial charge is 0.220 e. The second kappa shape index (κ2) is 7.28. The van der Waals surface area contributed by atoms with E-state index in [0.29, 0.717) is 13.0 Å². The van der Waals surface area contributed by atoms with Crippen molar-refractivity contribution in [2.24, 2.45) is 0 Å². The Hall–Kier alpha value is -1.65. The third-order valence-corrected chi connectivity index (χ3v) is 5.14. The molecule has 0 atom stereocenters. The molecule has 120 valence electrons. The van der Waals surface area contributed by atoms with Gasteiger partial charge in [0.15, 0.2) is 0 Å². The second-order valence-corrected chi connectivity index (χ2v) is 6.92. The molecule has 0 aromatic heterocycles. The average Bonchev–Trinajstić information content (AvgIpc) is 3.01. The van der Waals surface area contributed by atoms with Crippen LogP contribution in [0.3, 0.4) is 0 Å². The Balaban J connectivity index is 1.48. The van der Waals surface area contributed by atoms with E-state index in [-0.39, 0.29) is 5.91 Å². The van der Waals surface area contributed by atoms with E-state index >= 15 is 0 Å². The third kappa shape index (κ3) is 4.21. The van der Waals surface area contributed by atoms with E-state index in [4.69, 9.17) is 0 Å². The zero-order valence-electron chi connectivity index (χ0n) is 13.3. The largest absolute Gasteiger partial charge is 0.352 e. The fourth-order valence-electron chi connectivity index (χ4n) is 2.87. The van der Waals surface area contributed by atoms with Gasteiger partial charge in [0.2, 0.25) is 5.91 Å². The number of rotatable bonds is 5. The van der Waals surface area contributed by atoms with Gasteiger partial charge in [-0.1, -0.05) is 46.3 Å². The summed E-state index contributed by atoms with van der Waals surface area (Å²) in [7, 11) is 0. The standard InChI is InChI=1S/C19H21BrN2O/c1-13-8-14(3-6-18(13)20)4-7-19(23)22-10-15-2-5-16-11-21-12-17(16)9-15/h2-3,5-6,8-9,21H,4,7,10-12H2,1H3,(H,22,23). The van der Waals surface area contributed by atoms with Crippen LogP contribution in [-0.2, 0) is 30.8 Å². The lowest BCUT2D eigenvalue weighted by molar-refractivity contribution is -0.121. The van der Waals surface area contributed by atoms with Gasteiger partial charge in [-0.3, -0.25) is 4.79 Å². The van der Waals surface area contributed by atoms with E-state index in [0.717, 1.165) is 24.0 Å². The summed E-state index contributed by atoms with van der Waals surface area (Å²) >= 11 is 3.50. The van der Waals surface area contributed by atoms with Crippen molar-refractivity contribution in [3.63, 3.8) is 0 Å². The highest BCUT2D eigenvalue weighted by atomic mass is 79.9. The summed E-state index contributed by atoms with van der Waals surface area (Å²) in [6.07, 6.45) is 1.29. The number of carbonyl (C=O) groups excluding carboxylic acids is 1. The monoisotopic (exact) mass is 372 g/mol. The molecule has 3 rings (SSSR count). The summed E-state index contributed by atoms with van der Waals surface area (Å²) < 4.78 is 1.11. The maximum Gasteiger partial charge on any atom is 0.220 e. The SMILES string of the molecule is Cc1cc(CCC(=O)NCc2ccc3c(c2)CNC3)ccc1Br. The maximum atomic E-state index is 12.0. The molecule has 0 fully saturated rings. The van der Waals surface area contributed by atoms with Crippen LogP contribution in [0.5, 0.6) is 0 Å². The lowest BCUT2D eigenvalue weighted by Crippen LogP contribution is -2.23. The fraction of sp³-hybridized carbons (Fsp3) is 0.316. The van der Waals surface area contributed by atoms with Gasteiger partial charge in [-0.2, -0.15) is 0 Å². The first-order valence-electron chi connectivity index (χ1n) is 7.95. The quantitative estimate of drug-likeness (QED) is 0.841. The van der Waals surface area contributed by atoms with Crippen molar-refractivity contribution < 1.29 is 4.79 Å². The number of hydrogen-bond acceptors (Lipinski definition) is 2. The van der Waals surface area contributed by atoms with Crippen LogP contribution in [-0.4, -0.2) is 5.91 Å². The topological polar surface area (TPSA) is 41.1 Å². The predicted octanol–water partition coefficient (Wildman–Crippen LogP) is 3.61. The van der Waals surface area contributed by atoms with Gasteiger partial charge in [0.1, 0.15) is 0 Å². The number of fused-ring (bicyclic) bond motifs is 1. The molecule has 2 aromatic rings. The normalized spacial score (nSPS) is 13.0. The van der Waals surface area contributed by atoms with Gasteiger partial charge >= 0.3 is 0 Å². The summed E-state index contributed by atoms with van der Waals surface area (Å²) in [6.45, 7) is 4.55. The molecule has 23 heavy (non-hydrogen) atoms. The van der Waals surface area contributed by atoms with Gasteiger partial charge in [0, 0.05) is 30.5 Å². The minimum Gasteiger partial charge on any atom is -0.352 e. The van der Waals surface area contributed by atoms with Crippen molar-refractivity contribution in [3.05, 3.63) is 68.7 Å². The van der Waals surface area contributed by atoms with E-state index in [2.05, 4.69) is 63.8 Å². The van der Waals surface area contributed by atoms with Crippen LogP contribution in [0, 0.1) is 6.92 Å². The van der Waals surface area contributed by atoms with Crippen LogP contribution in [0.4, 0.5) is 0 Å². The fourth-order valence-corrected chi connectivity index (χ4v) is 3.11. The molecule has 2 aromatic carbocycles. The zero-order valence-corrected chi connectivity index (χ0v) is 14.9. The molecule has 4 heteroatoms. The molecule has 0 radical (unpaired) electrons. The Kier molecular flexibility index (Phi) is 5.13. The molecule has 0 bridgehead atoms. The second-order valence-electron chi connectivity index (χ2n) is 6.07. The molecule has 2 N–H and O–H groups in total.